The van der Waals surface area contributed by atoms with Gasteiger partial charge in [0.2, 0.25) is 0 Å². The number of ether oxygens (including phenoxy) is 3. The Morgan fingerprint density at radius 2 is 2.10 bits per heavy atom. The lowest BCUT2D eigenvalue weighted by molar-refractivity contribution is -0.161. The van der Waals surface area contributed by atoms with Crippen LogP contribution in [-0.4, -0.2) is 43.6 Å². The van der Waals surface area contributed by atoms with Crippen molar-refractivity contribution in [3.05, 3.63) is 29.8 Å². The Morgan fingerprint density at radius 3 is 2.90 bits per heavy atom. The van der Waals surface area contributed by atoms with Crippen molar-refractivity contribution in [2.75, 3.05) is 25.6 Å². The summed E-state index contributed by atoms with van der Waals surface area (Å²) in [6.45, 7) is 3.81. The van der Waals surface area contributed by atoms with Crippen LogP contribution < -0.4 is 0 Å². The first-order valence-electron chi connectivity index (χ1n) is 10.8. The van der Waals surface area contributed by atoms with Crippen molar-refractivity contribution in [1.82, 2.24) is 0 Å². The summed E-state index contributed by atoms with van der Waals surface area (Å²) in [4.78, 5) is 24.2. The maximum absolute atomic E-state index is 11.5. The van der Waals surface area contributed by atoms with Crippen LogP contribution in [0.15, 0.2) is 29.2 Å². The lowest BCUT2D eigenvalue weighted by Crippen LogP contribution is -2.23. The molecule has 162 valence electrons. The van der Waals surface area contributed by atoms with Crippen molar-refractivity contribution in [2.24, 2.45) is 0 Å². The number of thioether (sulfide) groups is 1. The van der Waals surface area contributed by atoms with Crippen LogP contribution in [0.5, 0.6) is 0 Å². The second kappa shape index (κ2) is 14.6. The summed E-state index contributed by atoms with van der Waals surface area (Å²) in [6.07, 6.45) is 7.10. The van der Waals surface area contributed by atoms with Crippen LogP contribution >= 0.6 is 11.8 Å². The van der Waals surface area contributed by atoms with Gasteiger partial charge in [0.15, 0.2) is 6.29 Å². The summed E-state index contributed by atoms with van der Waals surface area (Å²) in [5.74, 6) is 0.539. The Hall–Kier alpha value is -1.37. The zero-order valence-electron chi connectivity index (χ0n) is 17.5. The van der Waals surface area contributed by atoms with Gasteiger partial charge in [0.1, 0.15) is 12.2 Å². The van der Waals surface area contributed by atoms with E-state index in [0.29, 0.717) is 19.6 Å². The number of benzene rings is 1. The lowest BCUT2D eigenvalue weighted by atomic mass is 10.1. The standard InChI is InChI=1S/C23H34O5S/c1-2-8-20(24)18-22(25)26-13-5-6-16-29-21-10-7-9-19(17-21)12-15-28-23-11-3-4-14-27-23/h7,9-10,17,23H,2-6,8,11-16,18H2,1H3. The van der Waals surface area contributed by atoms with Crippen molar-refractivity contribution in [3.63, 3.8) is 0 Å². The zero-order chi connectivity index (χ0) is 20.7. The van der Waals surface area contributed by atoms with Gasteiger partial charge in [-0.1, -0.05) is 19.1 Å². The van der Waals surface area contributed by atoms with Gasteiger partial charge in [0.25, 0.3) is 0 Å². The summed E-state index contributed by atoms with van der Waals surface area (Å²) < 4.78 is 16.5. The molecule has 0 bridgehead atoms. The molecule has 1 atom stereocenters. The van der Waals surface area contributed by atoms with Gasteiger partial charge in [-0.2, -0.15) is 0 Å². The Labute approximate surface area is 178 Å². The van der Waals surface area contributed by atoms with E-state index in [1.54, 1.807) is 0 Å². The number of unbranched alkanes of at least 4 members (excludes halogenated alkanes) is 1. The van der Waals surface area contributed by atoms with Crippen molar-refractivity contribution >= 4 is 23.5 Å². The molecule has 1 saturated heterocycles. The van der Waals surface area contributed by atoms with E-state index in [1.807, 2.05) is 18.7 Å². The SMILES string of the molecule is CCCC(=O)CC(=O)OCCCCSc1cccc(CCOC2CCCCO2)c1. The molecule has 2 rings (SSSR count). The number of hydrogen-bond acceptors (Lipinski definition) is 6. The molecule has 1 aliphatic rings. The second-order valence-corrected chi connectivity index (χ2v) is 8.47. The Morgan fingerprint density at radius 1 is 1.21 bits per heavy atom. The smallest absolute Gasteiger partial charge is 0.313 e. The minimum absolute atomic E-state index is 0.0276. The first-order chi connectivity index (χ1) is 14.2. The quantitative estimate of drug-likeness (QED) is 0.183. The molecule has 1 aromatic rings. The maximum atomic E-state index is 11.5. The highest BCUT2D eigenvalue weighted by atomic mass is 32.2. The summed E-state index contributed by atoms with van der Waals surface area (Å²) in [5.41, 5.74) is 1.27. The number of esters is 1. The van der Waals surface area contributed by atoms with E-state index in [2.05, 4.69) is 24.3 Å². The highest BCUT2D eigenvalue weighted by molar-refractivity contribution is 7.99. The summed E-state index contributed by atoms with van der Waals surface area (Å²) in [6, 6.07) is 8.56. The predicted octanol–water partition coefficient (Wildman–Crippen LogP) is 4.95. The van der Waals surface area contributed by atoms with Crippen molar-refractivity contribution in [3.8, 4) is 0 Å². The summed E-state index contributed by atoms with van der Waals surface area (Å²) >= 11 is 1.81. The van der Waals surface area contributed by atoms with Gasteiger partial charge in [-0.15, -0.1) is 11.8 Å². The number of carbonyl (C=O) groups is 2. The molecular formula is C23H34O5S. The molecule has 1 aliphatic heterocycles. The monoisotopic (exact) mass is 422 g/mol. The van der Waals surface area contributed by atoms with Gasteiger partial charge in [0, 0.05) is 17.9 Å². The molecule has 0 N–H and O–H groups in total. The van der Waals surface area contributed by atoms with Crippen LogP contribution in [0, 0.1) is 0 Å². The molecular weight excluding hydrogens is 388 g/mol. The Bertz CT molecular complexity index is 613. The third-order valence-electron chi connectivity index (χ3n) is 4.67. The van der Waals surface area contributed by atoms with Crippen molar-refractivity contribution < 1.29 is 23.8 Å². The maximum Gasteiger partial charge on any atom is 0.313 e. The minimum Gasteiger partial charge on any atom is -0.465 e. The van der Waals surface area contributed by atoms with E-state index in [4.69, 9.17) is 14.2 Å². The van der Waals surface area contributed by atoms with Gasteiger partial charge in [-0.05, 0) is 68.4 Å². The molecule has 0 aromatic heterocycles. The van der Waals surface area contributed by atoms with E-state index in [1.165, 1.54) is 16.9 Å². The fourth-order valence-electron chi connectivity index (χ4n) is 3.10. The third kappa shape index (κ3) is 10.8. The molecule has 1 fully saturated rings. The first-order valence-corrected chi connectivity index (χ1v) is 11.8. The van der Waals surface area contributed by atoms with Crippen LogP contribution in [0.25, 0.3) is 0 Å². The van der Waals surface area contributed by atoms with Crippen molar-refractivity contribution in [1.29, 1.82) is 0 Å². The van der Waals surface area contributed by atoms with Gasteiger partial charge < -0.3 is 14.2 Å². The van der Waals surface area contributed by atoms with E-state index < -0.39 is 5.97 Å². The summed E-state index contributed by atoms with van der Waals surface area (Å²) in [5, 5.41) is 0. The van der Waals surface area contributed by atoms with Crippen LogP contribution in [0.3, 0.4) is 0 Å². The summed E-state index contributed by atoms with van der Waals surface area (Å²) in [7, 11) is 0. The average Bonchev–Trinajstić information content (AvgIpc) is 2.72. The molecule has 1 unspecified atom stereocenters. The third-order valence-corrected chi connectivity index (χ3v) is 5.75. The average molecular weight is 423 g/mol. The van der Waals surface area contributed by atoms with Gasteiger partial charge in [-0.25, -0.2) is 0 Å². The van der Waals surface area contributed by atoms with Crippen LogP contribution in [0.2, 0.25) is 0 Å². The molecule has 1 heterocycles. The van der Waals surface area contributed by atoms with E-state index in [0.717, 1.165) is 50.9 Å². The molecule has 0 radical (unpaired) electrons. The molecule has 29 heavy (non-hydrogen) atoms. The van der Waals surface area contributed by atoms with E-state index in [9.17, 15) is 9.59 Å². The van der Waals surface area contributed by atoms with E-state index in [-0.39, 0.29) is 18.5 Å². The molecule has 5 nitrogen and oxygen atoms in total. The lowest BCUT2D eigenvalue weighted by Gasteiger charge is -2.22. The zero-order valence-corrected chi connectivity index (χ0v) is 18.3. The number of ketones is 1. The molecule has 0 spiro atoms. The van der Waals surface area contributed by atoms with E-state index >= 15 is 0 Å². The highest BCUT2D eigenvalue weighted by Gasteiger charge is 2.13. The fraction of sp³-hybridized carbons (Fsp3) is 0.652. The number of carbonyl (C=O) groups excluding carboxylic acids is 2. The number of Topliss-reactive ketones (excluding diaryl/α,β-unsaturated/α-hetero) is 1. The topological polar surface area (TPSA) is 61.8 Å². The molecule has 1 aromatic carbocycles. The number of hydrogen-bond donors (Lipinski definition) is 0. The second-order valence-electron chi connectivity index (χ2n) is 7.31. The van der Waals surface area contributed by atoms with Crippen LogP contribution in [0.4, 0.5) is 0 Å². The molecule has 6 heteroatoms. The van der Waals surface area contributed by atoms with Gasteiger partial charge in [-0.3, -0.25) is 9.59 Å². The largest absolute Gasteiger partial charge is 0.465 e. The normalized spacial score (nSPS) is 16.5. The van der Waals surface area contributed by atoms with Crippen LogP contribution in [0.1, 0.15) is 63.9 Å². The molecule has 0 saturated carbocycles. The highest BCUT2D eigenvalue weighted by Crippen LogP contribution is 2.21. The Kier molecular flexibility index (Phi) is 12.0. The van der Waals surface area contributed by atoms with Gasteiger partial charge in [0.05, 0.1) is 13.2 Å². The minimum atomic E-state index is -0.398. The van der Waals surface area contributed by atoms with Crippen molar-refractivity contribution in [2.45, 2.75) is 75.9 Å². The fourth-order valence-corrected chi connectivity index (χ4v) is 4.09. The Balaban J connectivity index is 1.54. The molecule has 0 aliphatic carbocycles. The van der Waals surface area contributed by atoms with Gasteiger partial charge >= 0.3 is 5.97 Å². The molecule has 0 amide bonds. The first kappa shape index (κ1) is 23.9. The predicted molar refractivity (Wildman–Crippen MR) is 115 cm³/mol. The number of rotatable bonds is 14. The van der Waals surface area contributed by atoms with Crippen LogP contribution in [-0.2, 0) is 30.2 Å².